The van der Waals surface area contributed by atoms with E-state index in [1.807, 2.05) is 17.9 Å². The summed E-state index contributed by atoms with van der Waals surface area (Å²) < 4.78 is 26.9. The summed E-state index contributed by atoms with van der Waals surface area (Å²) in [5.41, 5.74) is 1.08. The molecule has 0 bridgehead atoms. The van der Waals surface area contributed by atoms with Crippen molar-refractivity contribution in [2.45, 2.75) is 30.8 Å². The summed E-state index contributed by atoms with van der Waals surface area (Å²) in [4.78, 5) is 14.8. The largest absolute Gasteiger partial charge is 0.333 e. The highest BCUT2D eigenvalue weighted by molar-refractivity contribution is 7.92. The summed E-state index contributed by atoms with van der Waals surface area (Å²) in [5, 5.41) is 3.35. The Balaban J connectivity index is 1.81. The lowest BCUT2D eigenvalue weighted by atomic mass is 10.1. The quantitative estimate of drug-likeness (QED) is 0.874. The maximum Gasteiger partial charge on any atom is 0.264 e. The fourth-order valence-electron chi connectivity index (χ4n) is 3.21. The molecule has 6 nitrogen and oxygen atoms in total. The standard InChI is InChI=1S/C20H25N3O3S/c1-15-16(2)23(14-13-21-15)20(24)17-9-11-19(12-10-17)27(25,26)22(3)18-7-5-4-6-8-18/h4-12,15-16,21H,13-14H2,1-3H3. The van der Waals surface area contributed by atoms with Gasteiger partial charge >= 0.3 is 0 Å². The molecule has 144 valence electrons. The van der Waals surface area contributed by atoms with Crippen molar-refractivity contribution in [2.75, 3.05) is 24.4 Å². The van der Waals surface area contributed by atoms with Crippen LogP contribution in [0, 0.1) is 0 Å². The van der Waals surface area contributed by atoms with Crippen molar-refractivity contribution in [2.24, 2.45) is 0 Å². The van der Waals surface area contributed by atoms with Gasteiger partial charge in [-0.15, -0.1) is 0 Å². The highest BCUT2D eigenvalue weighted by Gasteiger charge is 2.29. The second kappa shape index (κ2) is 7.70. The Bertz CT molecular complexity index is 898. The predicted octanol–water partition coefficient (Wildman–Crippen LogP) is 2.33. The smallest absolute Gasteiger partial charge is 0.264 e. The molecule has 0 aromatic heterocycles. The van der Waals surface area contributed by atoms with E-state index in [1.54, 1.807) is 36.4 Å². The molecule has 1 heterocycles. The van der Waals surface area contributed by atoms with Crippen molar-refractivity contribution < 1.29 is 13.2 Å². The molecular weight excluding hydrogens is 362 g/mol. The van der Waals surface area contributed by atoms with Gasteiger partial charge < -0.3 is 10.2 Å². The molecule has 2 atom stereocenters. The molecule has 0 radical (unpaired) electrons. The van der Waals surface area contributed by atoms with Crippen LogP contribution in [0.15, 0.2) is 59.5 Å². The fraction of sp³-hybridized carbons (Fsp3) is 0.350. The normalized spacial score (nSPS) is 20.3. The number of rotatable bonds is 4. The molecule has 27 heavy (non-hydrogen) atoms. The van der Waals surface area contributed by atoms with Crippen molar-refractivity contribution in [3.63, 3.8) is 0 Å². The molecule has 0 spiro atoms. The lowest BCUT2D eigenvalue weighted by Gasteiger charge is -2.38. The molecular formula is C20H25N3O3S. The van der Waals surface area contributed by atoms with E-state index in [9.17, 15) is 13.2 Å². The molecule has 1 fully saturated rings. The van der Waals surface area contributed by atoms with Crippen LogP contribution in [-0.4, -0.2) is 51.4 Å². The molecule has 0 saturated carbocycles. The third-order valence-corrected chi connectivity index (χ3v) is 6.97. The number of hydrogen-bond acceptors (Lipinski definition) is 4. The second-order valence-corrected chi connectivity index (χ2v) is 8.78. The van der Waals surface area contributed by atoms with Crippen LogP contribution in [-0.2, 0) is 10.0 Å². The van der Waals surface area contributed by atoms with Crippen LogP contribution in [0.25, 0.3) is 0 Å². The first-order chi connectivity index (χ1) is 12.8. The molecule has 1 saturated heterocycles. The number of sulfonamides is 1. The Labute approximate surface area is 160 Å². The van der Waals surface area contributed by atoms with Gasteiger partial charge in [-0.3, -0.25) is 9.10 Å². The predicted molar refractivity (Wildman–Crippen MR) is 106 cm³/mol. The molecule has 1 aliphatic heterocycles. The maximum absolute atomic E-state index is 12.8. The number of carbonyl (C=O) groups excluding carboxylic acids is 1. The summed E-state index contributed by atoms with van der Waals surface area (Å²) in [6.07, 6.45) is 0. The van der Waals surface area contributed by atoms with Gasteiger partial charge in [0, 0.05) is 37.8 Å². The van der Waals surface area contributed by atoms with E-state index in [0.29, 0.717) is 17.8 Å². The SMILES string of the molecule is CC1NCCN(C(=O)c2ccc(S(=O)(=O)N(C)c3ccccc3)cc2)C1C. The lowest BCUT2D eigenvalue weighted by molar-refractivity contribution is 0.0603. The van der Waals surface area contributed by atoms with Crippen molar-refractivity contribution in [1.82, 2.24) is 10.2 Å². The van der Waals surface area contributed by atoms with Crippen LogP contribution in [0.2, 0.25) is 0 Å². The summed E-state index contributed by atoms with van der Waals surface area (Å²) in [5.74, 6) is -0.0730. The minimum Gasteiger partial charge on any atom is -0.333 e. The number of anilines is 1. The Morgan fingerprint density at radius 1 is 1.07 bits per heavy atom. The first kappa shape index (κ1) is 19.4. The monoisotopic (exact) mass is 387 g/mol. The fourth-order valence-corrected chi connectivity index (χ4v) is 4.41. The topological polar surface area (TPSA) is 69.7 Å². The van der Waals surface area contributed by atoms with Crippen molar-refractivity contribution >= 4 is 21.6 Å². The third kappa shape index (κ3) is 3.84. The Morgan fingerprint density at radius 3 is 2.33 bits per heavy atom. The van der Waals surface area contributed by atoms with Gasteiger partial charge in [-0.05, 0) is 50.2 Å². The van der Waals surface area contributed by atoms with E-state index < -0.39 is 10.0 Å². The summed E-state index contributed by atoms with van der Waals surface area (Å²) in [6.45, 7) is 5.47. The average molecular weight is 388 g/mol. The zero-order chi connectivity index (χ0) is 19.6. The number of hydrogen-bond donors (Lipinski definition) is 1. The van der Waals surface area contributed by atoms with E-state index in [2.05, 4.69) is 12.2 Å². The van der Waals surface area contributed by atoms with Crippen LogP contribution in [0.5, 0.6) is 0 Å². The highest BCUT2D eigenvalue weighted by Crippen LogP contribution is 2.22. The number of nitrogens with one attached hydrogen (secondary N) is 1. The minimum atomic E-state index is -3.68. The number of piperazine rings is 1. The highest BCUT2D eigenvalue weighted by atomic mass is 32.2. The van der Waals surface area contributed by atoms with E-state index in [4.69, 9.17) is 0 Å². The molecule has 2 unspecified atom stereocenters. The number of para-hydroxylation sites is 1. The zero-order valence-electron chi connectivity index (χ0n) is 15.8. The molecule has 3 rings (SSSR count). The maximum atomic E-state index is 12.8. The first-order valence-corrected chi connectivity index (χ1v) is 10.4. The van der Waals surface area contributed by atoms with Gasteiger partial charge in [0.05, 0.1) is 10.6 Å². The van der Waals surface area contributed by atoms with Crippen molar-refractivity contribution in [1.29, 1.82) is 0 Å². The Kier molecular flexibility index (Phi) is 5.53. The van der Waals surface area contributed by atoms with E-state index in [0.717, 1.165) is 6.54 Å². The van der Waals surface area contributed by atoms with Crippen molar-refractivity contribution in [3.8, 4) is 0 Å². The summed E-state index contributed by atoms with van der Waals surface area (Å²) >= 11 is 0. The van der Waals surface area contributed by atoms with Crippen molar-refractivity contribution in [3.05, 3.63) is 60.2 Å². The molecule has 2 aromatic rings. The average Bonchev–Trinajstić information content (AvgIpc) is 2.69. The number of benzene rings is 2. The van der Waals surface area contributed by atoms with Gasteiger partial charge in [0.15, 0.2) is 0 Å². The molecule has 0 aliphatic carbocycles. The van der Waals surface area contributed by atoms with Crippen LogP contribution < -0.4 is 9.62 Å². The summed E-state index contributed by atoms with van der Waals surface area (Å²) in [6, 6.07) is 15.4. The first-order valence-electron chi connectivity index (χ1n) is 9.01. The van der Waals surface area contributed by atoms with Crippen LogP contribution in [0.4, 0.5) is 5.69 Å². The van der Waals surface area contributed by atoms with Gasteiger partial charge in [0.25, 0.3) is 15.9 Å². The molecule has 1 amide bonds. The molecule has 1 aliphatic rings. The van der Waals surface area contributed by atoms with Crippen LogP contribution in [0.3, 0.4) is 0 Å². The molecule has 1 N–H and O–H groups in total. The Morgan fingerprint density at radius 2 is 1.70 bits per heavy atom. The van der Waals surface area contributed by atoms with Crippen LogP contribution >= 0.6 is 0 Å². The number of amides is 1. The second-order valence-electron chi connectivity index (χ2n) is 6.81. The van der Waals surface area contributed by atoms with Gasteiger partial charge in [-0.25, -0.2) is 8.42 Å². The van der Waals surface area contributed by atoms with Gasteiger partial charge in [0.2, 0.25) is 0 Å². The molecule has 7 heteroatoms. The lowest BCUT2D eigenvalue weighted by Crippen LogP contribution is -2.57. The third-order valence-electron chi connectivity index (χ3n) is 5.17. The Hall–Kier alpha value is -2.38. The number of carbonyl (C=O) groups is 1. The molecule has 2 aromatic carbocycles. The zero-order valence-corrected chi connectivity index (χ0v) is 16.6. The van der Waals surface area contributed by atoms with Gasteiger partial charge in [0.1, 0.15) is 0 Å². The minimum absolute atomic E-state index is 0.0730. The van der Waals surface area contributed by atoms with Gasteiger partial charge in [-0.2, -0.15) is 0 Å². The van der Waals surface area contributed by atoms with E-state index in [-0.39, 0.29) is 22.9 Å². The van der Waals surface area contributed by atoms with Gasteiger partial charge in [-0.1, -0.05) is 18.2 Å². The number of nitrogens with zero attached hydrogens (tertiary/aromatic N) is 2. The van der Waals surface area contributed by atoms with E-state index in [1.165, 1.54) is 23.5 Å². The van der Waals surface area contributed by atoms with E-state index >= 15 is 0 Å². The van der Waals surface area contributed by atoms with Crippen LogP contribution in [0.1, 0.15) is 24.2 Å². The summed E-state index contributed by atoms with van der Waals surface area (Å²) in [7, 11) is -2.16.